The highest BCUT2D eigenvalue weighted by molar-refractivity contribution is 6.44. The Morgan fingerprint density at radius 3 is 2.19 bits per heavy atom. The average molecular weight is 425 g/mol. The van der Waals surface area contributed by atoms with Crippen LogP contribution in [0, 0.1) is 0 Å². The van der Waals surface area contributed by atoms with Gasteiger partial charge in [0.1, 0.15) is 12.4 Å². The molecule has 0 saturated heterocycles. The van der Waals surface area contributed by atoms with Crippen LogP contribution in [0.4, 0.5) is 0 Å². The molecule has 2 heterocycles. The molecule has 1 fully saturated rings. The molecule has 160 valence electrons. The van der Waals surface area contributed by atoms with Gasteiger partial charge in [-0.1, -0.05) is 60.7 Å². The van der Waals surface area contributed by atoms with Crippen molar-refractivity contribution < 1.29 is 14.3 Å². The van der Waals surface area contributed by atoms with Gasteiger partial charge in [-0.25, -0.2) is 0 Å². The van der Waals surface area contributed by atoms with E-state index in [1.54, 1.807) is 0 Å². The highest BCUT2D eigenvalue weighted by Crippen LogP contribution is 2.47. The molecule has 0 spiro atoms. The first-order valence-corrected chi connectivity index (χ1v) is 10.8. The number of carbonyl (C=O) groups is 2. The normalized spacial score (nSPS) is 13.2. The van der Waals surface area contributed by atoms with Crippen LogP contribution in [-0.2, 0) is 17.8 Å². The maximum absolute atomic E-state index is 13.1. The van der Waals surface area contributed by atoms with Crippen LogP contribution in [0.5, 0.6) is 5.75 Å². The summed E-state index contributed by atoms with van der Waals surface area (Å²) in [4.78, 5) is 25.1. The Bertz CT molecular complexity index is 1290. The lowest BCUT2D eigenvalue weighted by Crippen LogP contribution is -2.24. The van der Waals surface area contributed by atoms with Gasteiger partial charge in [0.05, 0.1) is 11.1 Å². The van der Waals surface area contributed by atoms with Crippen LogP contribution >= 0.6 is 0 Å². The zero-order valence-electron chi connectivity index (χ0n) is 17.7. The van der Waals surface area contributed by atoms with E-state index in [4.69, 9.17) is 10.5 Å². The van der Waals surface area contributed by atoms with Crippen molar-refractivity contribution in [1.82, 2.24) is 4.40 Å². The number of rotatable bonds is 8. The fourth-order valence-corrected chi connectivity index (χ4v) is 4.35. The number of fused-ring (bicyclic) bond motifs is 1. The number of carbonyl (C=O) groups excluding carboxylic acids is 2. The van der Waals surface area contributed by atoms with Crippen molar-refractivity contribution in [2.45, 2.75) is 31.8 Å². The molecule has 5 rings (SSSR count). The SMILES string of the molecule is NC(=O)C(=O)c1c(C2CC2)c(Cc2ccccc2)n2cccc(OCc3ccccc3)c12. The maximum atomic E-state index is 13.1. The first kappa shape index (κ1) is 20.1. The molecule has 2 aromatic heterocycles. The van der Waals surface area contributed by atoms with E-state index in [-0.39, 0.29) is 5.92 Å². The number of aromatic nitrogens is 1. The van der Waals surface area contributed by atoms with E-state index in [0.29, 0.717) is 29.9 Å². The number of benzene rings is 2. The van der Waals surface area contributed by atoms with E-state index >= 15 is 0 Å². The molecule has 0 aliphatic heterocycles. The third kappa shape index (κ3) is 3.78. The van der Waals surface area contributed by atoms with Crippen molar-refractivity contribution in [2.75, 3.05) is 0 Å². The Morgan fingerprint density at radius 2 is 1.56 bits per heavy atom. The summed E-state index contributed by atoms with van der Waals surface area (Å²) in [6, 6.07) is 23.8. The van der Waals surface area contributed by atoms with Gasteiger partial charge in [0, 0.05) is 18.3 Å². The van der Waals surface area contributed by atoms with E-state index in [2.05, 4.69) is 12.1 Å². The number of ether oxygens (including phenoxy) is 1. The summed E-state index contributed by atoms with van der Waals surface area (Å²) >= 11 is 0. The molecule has 1 saturated carbocycles. The molecule has 2 N–H and O–H groups in total. The quantitative estimate of drug-likeness (QED) is 0.330. The summed E-state index contributed by atoms with van der Waals surface area (Å²) in [6.45, 7) is 0.364. The van der Waals surface area contributed by atoms with Gasteiger partial charge in [0.2, 0.25) is 0 Å². The Hall–Kier alpha value is -3.86. The summed E-state index contributed by atoms with van der Waals surface area (Å²) in [5.41, 5.74) is 10.6. The van der Waals surface area contributed by atoms with Gasteiger partial charge in [-0.15, -0.1) is 0 Å². The number of hydrogen-bond acceptors (Lipinski definition) is 3. The fourth-order valence-electron chi connectivity index (χ4n) is 4.35. The van der Waals surface area contributed by atoms with Crippen LogP contribution < -0.4 is 10.5 Å². The third-order valence-electron chi connectivity index (χ3n) is 5.95. The van der Waals surface area contributed by atoms with Crippen LogP contribution in [0.1, 0.15) is 51.5 Å². The van der Waals surface area contributed by atoms with Crippen LogP contribution in [0.25, 0.3) is 5.52 Å². The molecule has 5 nitrogen and oxygen atoms in total. The number of nitrogens with zero attached hydrogens (tertiary/aromatic N) is 1. The van der Waals surface area contributed by atoms with Crippen molar-refractivity contribution in [3.63, 3.8) is 0 Å². The fraction of sp³-hybridized carbons (Fsp3) is 0.185. The number of hydrogen-bond donors (Lipinski definition) is 1. The van der Waals surface area contributed by atoms with Crippen molar-refractivity contribution in [3.8, 4) is 5.75 Å². The monoisotopic (exact) mass is 424 g/mol. The second kappa shape index (κ2) is 8.35. The van der Waals surface area contributed by atoms with Crippen LogP contribution in [0.3, 0.4) is 0 Å². The maximum Gasteiger partial charge on any atom is 0.289 e. The minimum atomic E-state index is -0.941. The lowest BCUT2D eigenvalue weighted by atomic mass is 9.97. The van der Waals surface area contributed by atoms with Gasteiger partial charge >= 0.3 is 0 Å². The molecule has 2 aromatic carbocycles. The van der Waals surface area contributed by atoms with E-state index < -0.39 is 11.7 Å². The first-order chi connectivity index (χ1) is 15.6. The first-order valence-electron chi connectivity index (χ1n) is 10.8. The molecule has 4 aromatic rings. The van der Waals surface area contributed by atoms with Gasteiger partial charge in [-0.3, -0.25) is 9.59 Å². The van der Waals surface area contributed by atoms with Crippen molar-refractivity contribution in [1.29, 1.82) is 0 Å². The van der Waals surface area contributed by atoms with Crippen molar-refractivity contribution in [3.05, 3.63) is 107 Å². The van der Waals surface area contributed by atoms with Gasteiger partial charge in [0.25, 0.3) is 11.7 Å². The van der Waals surface area contributed by atoms with Crippen molar-refractivity contribution >= 4 is 17.2 Å². The Kier molecular flexibility index (Phi) is 5.23. The van der Waals surface area contributed by atoms with Crippen LogP contribution in [0.2, 0.25) is 0 Å². The largest absolute Gasteiger partial charge is 0.487 e. The summed E-state index contributed by atoms with van der Waals surface area (Å²) in [5.74, 6) is -0.765. The Balaban J connectivity index is 1.68. The molecule has 1 aliphatic rings. The highest BCUT2D eigenvalue weighted by Gasteiger charge is 2.36. The number of amides is 1. The smallest absolute Gasteiger partial charge is 0.289 e. The summed E-state index contributed by atoms with van der Waals surface area (Å²) in [6.07, 6.45) is 4.59. The van der Waals surface area contributed by atoms with Gasteiger partial charge in [-0.2, -0.15) is 0 Å². The number of ketones is 1. The van der Waals surface area contributed by atoms with Crippen LogP contribution in [-0.4, -0.2) is 16.1 Å². The molecule has 1 aliphatic carbocycles. The number of nitrogens with two attached hydrogens (primary N) is 1. The lowest BCUT2D eigenvalue weighted by molar-refractivity contribution is -0.114. The standard InChI is InChI=1S/C27H24N2O3/c28-27(31)26(30)24-23(20-13-14-20)21(16-18-8-3-1-4-9-18)29-15-7-12-22(25(24)29)32-17-19-10-5-2-6-11-19/h1-12,15,20H,13-14,16-17H2,(H2,28,31). The molecule has 1 amide bonds. The van der Waals surface area contributed by atoms with E-state index in [1.807, 2.05) is 71.3 Å². The number of pyridine rings is 1. The number of Topliss-reactive ketones (excluding diaryl/α,β-unsaturated/α-hetero) is 1. The summed E-state index contributed by atoms with van der Waals surface area (Å²) < 4.78 is 8.18. The van der Waals surface area contributed by atoms with Gasteiger partial charge in [-0.05, 0) is 47.6 Å². The molecule has 0 atom stereocenters. The third-order valence-corrected chi connectivity index (χ3v) is 5.95. The predicted molar refractivity (Wildman–Crippen MR) is 123 cm³/mol. The topological polar surface area (TPSA) is 73.8 Å². The average Bonchev–Trinajstić information content (AvgIpc) is 3.61. The zero-order valence-corrected chi connectivity index (χ0v) is 17.7. The second-order valence-corrected chi connectivity index (χ2v) is 8.23. The minimum Gasteiger partial charge on any atom is -0.487 e. The van der Waals surface area contributed by atoms with E-state index in [9.17, 15) is 9.59 Å². The van der Waals surface area contributed by atoms with Crippen LogP contribution in [0.15, 0.2) is 79.0 Å². The molecule has 0 bridgehead atoms. The van der Waals surface area contributed by atoms with Gasteiger partial charge < -0.3 is 14.9 Å². The lowest BCUT2D eigenvalue weighted by Gasteiger charge is -2.10. The Labute approximate surface area is 186 Å². The highest BCUT2D eigenvalue weighted by atomic mass is 16.5. The molecule has 0 unspecified atom stereocenters. The molecule has 0 radical (unpaired) electrons. The molecular formula is C27H24N2O3. The molecule has 32 heavy (non-hydrogen) atoms. The van der Waals surface area contributed by atoms with Crippen molar-refractivity contribution in [2.24, 2.45) is 5.73 Å². The zero-order chi connectivity index (χ0) is 22.1. The van der Waals surface area contributed by atoms with E-state index in [0.717, 1.165) is 35.2 Å². The van der Waals surface area contributed by atoms with Gasteiger partial charge in [0.15, 0.2) is 0 Å². The minimum absolute atomic E-state index is 0.258. The predicted octanol–water partition coefficient (Wildman–Crippen LogP) is 4.65. The Morgan fingerprint density at radius 1 is 0.906 bits per heavy atom. The molecular weight excluding hydrogens is 400 g/mol. The van der Waals surface area contributed by atoms with E-state index in [1.165, 1.54) is 0 Å². The number of primary amides is 1. The molecule has 5 heteroatoms. The second-order valence-electron chi connectivity index (χ2n) is 8.23. The summed E-state index contributed by atoms with van der Waals surface area (Å²) in [5, 5.41) is 0. The summed E-state index contributed by atoms with van der Waals surface area (Å²) in [7, 11) is 0.